The van der Waals surface area contributed by atoms with Crippen molar-refractivity contribution in [1.29, 1.82) is 0 Å². The minimum absolute atomic E-state index is 0.135. The Labute approximate surface area is 158 Å². The summed E-state index contributed by atoms with van der Waals surface area (Å²) in [6.07, 6.45) is 1.59. The van der Waals surface area contributed by atoms with Crippen LogP contribution in [0.15, 0.2) is 47.4 Å². The number of benzene rings is 2. The number of nitrogens with zero attached hydrogens (tertiary/aromatic N) is 1. The molecule has 0 saturated carbocycles. The Morgan fingerprint density at radius 3 is 2.46 bits per heavy atom. The highest BCUT2D eigenvalue weighted by Crippen LogP contribution is 2.35. The van der Waals surface area contributed by atoms with Crippen LogP contribution in [0.2, 0.25) is 15.1 Å². The molecule has 3 nitrogen and oxygen atoms in total. The molecule has 0 aliphatic carbocycles. The Bertz CT molecular complexity index is 867. The van der Waals surface area contributed by atoms with Crippen molar-refractivity contribution in [3.8, 4) is 0 Å². The van der Waals surface area contributed by atoms with E-state index < -0.39 is 0 Å². The van der Waals surface area contributed by atoms with Crippen molar-refractivity contribution in [2.45, 2.75) is 6.54 Å². The molecule has 0 spiro atoms. The first kappa shape index (κ1) is 17.4. The number of hydrogen-bond acceptors (Lipinski definition) is 3. The number of halogens is 3. The lowest BCUT2D eigenvalue weighted by Gasteiger charge is -2.13. The van der Waals surface area contributed by atoms with Crippen LogP contribution in [0, 0.1) is 0 Å². The molecule has 1 saturated heterocycles. The monoisotopic (exact) mass is 397 g/mol. The van der Waals surface area contributed by atoms with E-state index >= 15 is 0 Å². The van der Waals surface area contributed by atoms with Crippen molar-refractivity contribution in [3.63, 3.8) is 0 Å². The number of thioether (sulfide) groups is 1. The van der Waals surface area contributed by atoms with E-state index in [9.17, 15) is 9.59 Å². The number of imide groups is 1. The van der Waals surface area contributed by atoms with Gasteiger partial charge in [0.2, 0.25) is 0 Å². The molecule has 1 aliphatic rings. The first-order valence-electron chi connectivity index (χ1n) is 6.89. The Morgan fingerprint density at radius 2 is 1.75 bits per heavy atom. The molecule has 2 aromatic carbocycles. The van der Waals surface area contributed by atoms with Gasteiger partial charge in [-0.05, 0) is 47.2 Å². The Morgan fingerprint density at radius 1 is 1.00 bits per heavy atom. The van der Waals surface area contributed by atoms with Gasteiger partial charge in [-0.15, -0.1) is 0 Å². The highest BCUT2D eigenvalue weighted by molar-refractivity contribution is 8.18. The summed E-state index contributed by atoms with van der Waals surface area (Å²) in [6.45, 7) is 0.135. The van der Waals surface area contributed by atoms with Crippen molar-refractivity contribution >= 4 is 63.8 Å². The Balaban J connectivity index is 1.86. The van der Waals surface area contributed by atoms with E-state index in [1.54, 1.807) is 42.5 Å². The van der Waals surface area contributed by atoms with E-state index in [2.05, 4.69) is 0 Å². The summed E-state index contributed by atoms with van der Waals surface area (Å²) < 4.78 is 0. The van der Waals surface area contributed by atoms with Crippen molar-refractivity contribution < 1.29 is 9.59 Å². The zero-order chi connectivity index (χ0) is 17.3. The van der Waals surface area contributed by atoms with E-state index in [1.807, 2.05) is 6.07 Å². The fraction of sp³-hybridized carbons (Fsp3) is 0.0588. The third-order valence-corrected chi connectivity index (χ3v) is 5.25. The quantitative estimate of drug-likeness (QED) is 0.606. The molecule has 3 rings (SSSR count). The fourth-order valence-corrected chi connectivity index (χ4v) is 3.68. The van der Waals surface area contributed by atoms with E-state index in [4.69, 9.17) is 34.8 Å². The SMILES string of the molecule is O=C1S/C(=C\c2ccc(Cl)cc2Cl)C(=O)N1Cc1ccccc1Cl. The standard InChI is InChI=1S/C17H10Cl3NO2S/c18-12-6-5-10(14(20)8-12)7-15-16(22)21(17(23)24-15)9-11-3-1-2-4-13(11)19/h1-8H,9H2/b15-7-. The molecule has 1 aliphatic heterocycles. The van der Waals surface area contributed by atoms with Crippen molar-refractivity contribution in [1.82, 2.24) is 4.90 Å². The smallest absolute Gasteiger partial charge is 0.268 e. The highest BCUT2D eigenvalue weighted by Gasteiger charge is 2.35. The topological polar surface area (TPSA) is 37.4 Å². The van der Waals surface area contributed by atoms with Crippen LogP contribution in [0.4, 0.5) is 4.79 Å². The predicted molar refractivity (Wildman–Crippen MR) is 99.4 cm³/mol. The molecular weight excluding hydrogens is 389 g/mol. The minimum atomic E-state index is -0.365. The molecular formula is C17H10Cl3NO2S. The van der Waals surface area contributed by atoms with Crippen LogP contribution in [-0.2, 0) is 11.3 Å². The number of amides is 2. The molecule has 2 aromatic rings. The van der Waals surface area contributed by atoms with Crippen LogP contribution < -0.4 is 0 Å². The second-order valence-corrected chi connectivity index (χ2v) is 7.27. The number of carbonyl (C=O) groups is 2. The summed E-state index contributed by atoms with van der Waals surface area (Å²) in [5, 5.41) is 1.10. The molecule has 2 amide bonds. The Kier molecular flexibility index (Phi) is 5.21. The van der Waals surface area contributed by atoms with Gasteiger partial charge < -0.3 is 0 Å². The number of carbonyl (C=O) groups excluding carboxylic acids is 2. The summed E-state index contributed by atoms with van der Waals surface area (Å²) >= 11 is 19.0. The normalized spacial score (nSPS) is 16.3. The first-order valence-corrected chi connectivity index (χ1v) is 8.84. The van der Waals surface area contributed by atoms with Crippen LogP contribution >= 0.6 is 46.6 Å². The summed E-state index contributed by atoms with van der Waals surface area (Å²) in [6, 6.07) is 12.1. The van der Waals surface area contributed by atoms with E-state index in [-0.39, 0.29) is 17.7 Å². The van der Waals surface area contributed by atoms with Gasteiger partial charge in [-0.2, -0.15) is 0 Å². The van der Waals surface area contributed by atoms with Gasteiger partial charge >= 0.3 is 0 Å². The summed E-state index contributed by atoms with van der Waals surface area (Å²) in [4.78, 5) is 26.2. The van der Waals surface area contributed by atoms with E-state index in [1.165, 1.54) is 4.90 Å². The number of rotatable bonds is 3. The third kappa shape index (κ3) is 3.62. The Hall–Kier alpha value is -1.46. The molecule has 0 aromatic heterocycles. The van der Waals surface area contributed by atoms with Crippen molar-refractivity contribution in [2.75, 3.05) is 0 Å². The molecule has 0 atom stereocenters. The van der Waals surface area contributed by atoms with Gasteiger partial charge in [0, 0.05) is 15.1 Å². The lowest BCUT2D eigenvalue weighted by atomic mass is 10.2. The van der Waals surface area contributed by atoms with Gasteiger partial charge in [0.15, 0.2) is 0 Å². The van der Waals surface area contributed by atoms with Crippen LogP contribution in [0.1, 0.15) is 11.1 Å². The minimum Gasteiger partial charge on any atom is -0.268 e. The van der Waals surface area contributed by atoms with Crippen LogP contribution in [0.5, 0.6) is 0 Å². The van der Waals surface area contributed by atoms with Gasteiger partial charge in [0.1, 0.15) is 0 Å². The van der Waals surface area contributed by atoms with Gasteiger partial charge in [0.25, 0.3) is 11.1 Å². The maximum absolute atomic E-state index is 12.5. The third-order valence-electron chi connectivity index (χ3n) is 3.41. The molecule has 0 unspecified atom stereocenters. The summed E-state index contributed by atoms with van der Waals surface area (Å²) in [5.74, 6) is -0.365. The predicted octanol–water partition coefficient (Wildman–Crippen LogP) is 5.88. The molecule has 0 N–H and O–H groups in total. The molecule has 24 heavy (non-hydrogen) atoms. The average Bonchev–Trinajstić information content (AvgIpc) is 2.79. The van der Waals surface area contributed by atoms with Gasteiger partial charge in [0.05, 0.1) is 11.4 Å². The summed E-state index contributed by atoms with van der Waals surface area (Å²) in [5.41, 5.74) is 1.34. The van der Waals surface area contributed by atoms with Crippen LogP contribution in [-0.4, -0.2) is 16.0 Å². The van der Waals surface area contributed by atoms with Crippen LogP contribution in [0.25, 0.3) is 6.08 Å². The van der Waals surface area contributed by atoms with Crippen molar-refractivity contribution in [3.05, 3.63) is 73.6 Å². The van der Waals surface area contributed by atoms with Gasteiger partial charge in [-0.25, -0.2) is 0 Å². The molecule has 122 valence electrons. The van der Waals surface area contributed by atoms with Crippen molar-refractivity contribution in [2.24, 2.45) is 0 Å². The fourth-order valence-electron chi connectivity index (χ4n) is 2.19. The molecule has 1 heterocycles. The van der Waals surface area contributed by atoms with Gasteiger partial charge in [-0.1, -0.05) is 59.1 Å². The van der Waals surface area contributed by atoms with Gasteiger partial charge in [-0.3, -0.25) is 14.5 Å². The second-order valence-electron chi connectivity index (χ2n) is 5.03. The molecule has 1 fully saturated rings. The van der Waals surface area contributed by atoms with E-state index in [0.717, 1.165) is 11.8 Å². The highest BCUT2D eigenvalue weighted by atomic mass is 35.5. The zero-order valence-electron chi connectivity index (χ0n) is 12.1. The second kappa shape index (κ2) is 7.19. The maximum Gasteiger partial charge on any atom is 0.293 e. The summed E-state index contributed by atoms with van der Waals surface area (Å²) in [7, 11) is 0. The molecule has 0 bridgehead atoms. The lowest BCUT2D eigenvalue weighted by Crippen LogP contribution is -2.27. The zero-order valence-corrected chi connectivity index (χ0v) is 15.2. The van der Waals surface area contributed by atoms with Crippen LogP contribution in [0.3, 0.4) is 0 Å². The maximum atomic E-state index is 12.5. The first-order chi connectivity index (χ1) is 11.5. The average molecular weight is 399 g/mol. The molecule has 7 heteroatoms. The molecule has 0 radical (unpaired) electrons. The largest absolute Gasteiger partial charge is 0.293 e. The lowest BCUT2D eigenvalue weighted by molar-refractivity contribution is -0.123. The van der Waals surface area contributed by atoms with E-state index in [0.29, 0.717) is 31.1 Å². The number of hydrogen-bond donors (Lipinski definition) is 0.